The van der Waals surface area contributed by atoms with Crippen molar-refractivity contribution in [3.8, 4) is 11.4 Å². The van der Waals surface area contributed by atoms with Crippen LogP contribution in [0.3, 0.4) is 0 Å². The minimum atomic E-state index is -0.477. The maximum absolute atomic E-state index is 13.1. The molecule has 122 valence electrons. The van der Waals surface area contributed by atoms with E-state index in [0.29, 0.717) is 17.8 Å². The fraction of sp³-hybridized carbons (Fsp3) is 0.167. The van der Waals surface area contributed by atoms with Crippen LogP contribution >= 0.6 is 0 Å². The molecule has 4 aromatic rings. The Kier molecular flexibility index (Phi) is 4.05. The lowest BCUT2D eigenvalue weighted by Crippen LogP contribution is -2.06. The SMILES string of the molecule is [B]c1ccc2nc(-c3cncc(Cn4ccnc4)c3)n(CCF)c2c1. The Labute approximate surface area is 145 Å². The van der Waals surface area contributed by atoms with E-state index in [0.717, 1.165) is 22.2 Å². The Morgan fingerprint density at radius 2 is 2.04 bits per heavy atom. The van der Waals surface area contributed by atoms with E-state index in [1.807, 2.05) is 39.7 Å². The lowest BCUT2D eigenvalue weighted by Gasteiger charge is -2.09. The maximum atomic E-state index is 13.1. The number of aryl methyl sites for hydroxylation is 1. The van der Waals surface area contributed by atoms with E-state index in [1.54, 1.807) is 24.8 Å². The number of halogens is 1. The van der Waals surface area contributed by atoms with Crippen molar-refractivity contribution in [2.24, 2.45) is 0 Å². The van der Waals surface area contributed by atoms with Crippen molar-refractivity contribution in [2.45, 2.75) is 13.1 Å². The van der Waals surface area contributed by atoms with E-state index in [4.69, 9.17) is 7.85 Å². The van der Waals surface area contributed by atoms with Crippen LogP contribution in [0.4, 0.5) is 4.39 Å². The molecule has 25 heavy (non-hydrogen) atoms. The molecule has 0 aliphatic carbocycles. The molecule has 0 amide bonds. The lowest BCUT2D eigenvalue weighted by atomic mass is 9.96. The van der Waals surface area contributed by atoms with Gasteiger partial charge in [0, 0.05) is 30.4 Å². The molecule has 0 saturated heterocycles. The minimum absolute atomic E-state index is 0.223. The maximum Gasteiger partial charge on any atom is 0.142 e. The lowest BCUT2D eigenvalue weighted by molar-refractivity contribution is 0.451. The zero-order valence-electron chi connectivity index (χ0n) is 13.5. The molecular weight excluding hydrogens is 316 g/mol. The average Bonchev–Trinajstić information content (AvgIpc) is 3.24. The van der Waals surface area contributed by atoms with Crippen molar-refractivity contribution >= 4 is 24.3 Å². The van der Waals surface area contributed by atoms with Crippen LogP contribution in [0, 0.1) is 0 Å². The zero-order chi connectivity index (χ0) is 17.2. The number of pyridine rings is 1. The van der Waals surface area contributed by atoms with Crippen LogP contribution in [0.2, 0.25) is 0 Å². The van der Waals surface area contributed by atoms with E-state index < -0.39 is 6.67 Å². The Morgan fingerprint density at radius 3 is 2.84 bits per heavy atom. The predicted molar refractivity (Wildman–Crippen MR) is 95.7 cm³/mol. The summed E-state index contributed by atoms with van der Waals surface area (Å²) < 4.78 is 16.9. The number of fused-ring (bicyclic) bond motifs is 1. The molecule has 0 atom stereocenters. The first-order chi connectivity index (χ1) is 12.2. The van der Waals surface area contributed by atoms with Gasteiger partial charge in [0.25, 0.3) is 0 Å². The van der Waals surface area contributed by atoms with Gasteiger partial charge in [-0.15, -0.1) is 0 Å². The van der Waals surface area contributed by atoms with Crippen molar-refractivity contribution in [3.63, 3.8) is 0 Å². The highest BCUT2D eigenvalue weighted by Gasteiger charge is 2.13. The van der Waals surface area contributed by atoms with Crippen LogP contribution in [0.5, 0.6) is 0 Å². The third-order valence-electron chi connectivity index (χ3n) is 4.06. The Morgan fingerprint density at radius 1 is 1.12 bits per heavy atom. The molecule has 5 nitrogen and oxygen atoms in total. The van der Waals surface area contributed by atoms with Gasteiger partial charge >= 0.3 is 0 Å². The minimum Gasteiger partial charge on any atom is -0.333 e. The molecule has 1 aromatic carbocycles. The second kappa shape index (κ2) is 6.51. The summed E-state index contributed by atoms with van der Waals surface area (Å²) in [6.45, 7) is 0.410. The summed E-state index contributed by atoms with van der Waals surface area (Å²) in [5.41, 5.74) is 4.12. The molecule has 0 bridgehead atoms. The first-order valence-corrected chi connectivity index (χ1v) is 7.96. The van der Waals surface area contributed by atoms with Crippen molar-refractivity contribution < 1.29 is 4.39 Å². The summed E-state index contributed by atoms with van der Waals surface area (Å²) in [6.07, 6.45) is 8.95. The highest BCUT2D eigenvalue weighted by Crippen LogP contribution is 2.24. The van der Waals surface area contributed by atoms with Gasteiger partial charge < -0.3 is 9.13 Å². The van der Waals surface area contributed by atoms with Crippen LogP contribution in [0.1, 0.15) is 5.56 Å². The van der Waals surface area contributed by atoms with Crippen molar-refractivity contribution in [3.05, 3.63) is 60.9 Å². The molecule has 2 radical (unpaired) electrons. The van der Waals surface area contributed by atoms with Gasteiger partial charge in [-0.05, 0) is 23.8 Å². The van der Waals surface area contributed by atoms with Crippen LogP contribution in [-0.2, 0) is 13.1 Å². The highest BCUT2D eigenvalue weighted by molar-refractivity contribution is 6.33. The molecule has 3 aromatic heterocycles. The second-order valence-corrected chi connectivity index (χ2v) is 5.84. The molecule has 3 heterocycles. The van der Waals surface area contributed by atoms with Gasteiger partial charge in [-0.25, -0.2) is 14.4 Å². The van der Waals surface area contributed by atoms with E-state index in [1.165, 1.54) is 0 Å². The highest BCUT2D eigenvalue weighted by atomic mass is 19.1. The molecule has 0 aliphatic heterocycles. The van der Waals surface area contributed by atoms with Gasteiger partial charge in [0.1, 0.15) is 20.3 Å². The van der Waals surface area contributed by atoms with E-state index in [-0.39, 0.29) is 6.54 Å². The third kappa shape index (κ3) is 3.05. The fourth-order valence-corrected chi connectivity index (χ4v) is 2.96. The van der Waals surface area contributed by atoms with Crippen LogP contribution < -0.4 is 5.46 Å². The monoisotopic (exact) mass is 331 g/mol. The molecule has 0 aliphatic rings. The van der Waals surface area contributed by atoms with Crippen LogP contribution in [-0.4, -0.2) is 38.6 Å². The van der Waals surface area contributed by atoms with Crippen LogP contribution in [0.15, 0.2) is 55.4 Å². The normalized spacial score (nSPS) is 11.2. The number of benzene rings is 1. The standard InChI is InChI=1S/C18H15BFN5/c19-15-1-2-16-17(8-15)25(5-3-20)18(23-16)14-7-13(9-22-10-14)11-24-6-4-21-12-24/h1-2,4,6-10,12H,3,5,11H2. The summed E-state index contributed by atoms with van der Waals surface area (Å²) in [5, 5.41) is 0. The largest absolute Gasteiger partial charge is 0.333 e. The number of imidazole rings is 2. The van der Waals surface area contributed by atoms with Crippen LogP contribution in [0.25, 0.3) is 22.4 Å². The van der Waals surface area contributed by atoms with Crippen molar-refractivity contribution in [2.75, 3.05) is 6.67 Å². The Bertz CT molecular complexity index is 1010. The van der Waals surface area contributed by atoms with Gasteiger partial charge in [0.15, 0.2) is 0 Å². The van der Waals surface area contributed by atoms with Gasteiger partial charge in [-0.1, -0.05) is 11.5 Å². The fourth-order valence-electron chi connectivity index (χ4n) is 2.96. The number of hydrogen-bond donors (Lipinski definition) is 0. The molecule has 0 unspecified atom stereocenters. The molecular formula is C18H15BFN5. The summed E-state index contributed by atoms with van der Waals surface area (Å²) in [5.74, 6) is 0.693. The third-order valence-corrected chi connectivity index (χ3v) is 4.06. The number of rotatable bonds is 5. The topological polar surface area (TPSA) is 48.5 Å². The predicted octanol–water partition coefficient (Wildman–Crippen LogP) is 2.11. The summed E-state index contributed by atoms with van der Waals surface area (Å²) in [7, 11) is 5.88. The summed E-state index contributed by atoms with van der Waals surface area (Å²) in [6, 6.07) is 7.49. The number of aromatic nitrogens is 5. The van der Waals surface area contributed by atoms with E-state index in [2.05, 4.69) is 15.0 Å². The average molecular weight is 331 g/mol. The molecule has 0 saturated carbocycles. The summed E-state index contributed by atoms with van der Waals surface area (Å²) >= 11 is 0. The molecule has 0 spiro atoms. The molecule has 0 N–H and O–H groups in total. The van der Waals surface area contributed by atoms with Crippen molar-refractivity contribution in [1.82, 2.24) is 24.1 Å². The smallest absolute Gasteiger partial charge is 0.142 e. The quantitative estimate of drug-likeness (QED) is 0.526. The van der Waals surface area contributed by atoms with Crippen molar-refractivity contribution in [1.29, 1.82) is 0 Å². The molecule has 0 fully saturated rings. The molecule has 7 heteroatoms. The zero-order valence-corrected chi connectivity index (χ0v) is 13.5. The first-order valence-electron chi connectivity index (χ1n) is 7.96. The number of alkyl halides is 1. The van der Waals surface area contributed by atoms with E-state index in [9.17, 15) is 4.39 Å². The molecule has 4 rings (SSSR count). The van der Waals surface area contributed by atoms with Gasteiger partial charge in [-0.3, -0.25) is 4.98 Å². The summed E-state index contributed by atoms with van der Waals surface area (Å²) in [4.78, 5) is 13.0. The van der Waals surface area contributed by atoms with Gasteiger partial charge in [-0.2, -0.15) is 0 Å². The first kappa shape index (κ1) is 15.6. The Hall–Kier alpha value is -2.96. The number of hydrogen-bond acceptors (Lipinski definition) is 3. The van der Waals surface area contributed by atoms with E-state index >= 15 is 0 Å². The van der Waals surface area contributed by atoms with Gasteiger partial charge in [0.2, 0.25) is 0 Å². The second-order valence-electron chi connectivity index (χ2n) is 5.84. The van der Waals surface area contributed by atoms with Gasteiger partial charge in [0.05, 0.1) is 30.5 Å². The Balaban J connectivity index is 1.79. The number of nitrogens with zero attached hydrogens (tertiary/aromatic N) is 5.